The molecule has 0 fully saturated rings. The number of benzene rings is 1. The van der Waals surface area contributed by atoms with Crippen LogP contribution in [-0.4, -0.2) is 6.61 Å². The fourth-order valence-corrected chi connectivity index (χ4v) is 1.58. The summed E-state index contributed by atoms with van der Waals surface area (Å²) >= 11 is 6.89. The molecule has 1 aromatic carbocycles. The first kappa shape index (κ1) is 12.1. The zero-order valence-corrected chi connectivity index (χ0v) is 11.5. The topological polar surface area (TPSA) is 9.23 Å². The van der Waals surface area contributed by atoms with Crippen molar-refractivity contribution in [3.8, 4) is 5.75 Å². The highest BCUT2D eigenvalue weighted by atomic mass is 79.9. The molecule has 3 heteroatoms. The first-order chi connectivity index (χ1) is 6.59. The second-order valence-corrected chi connectivity index (χ2v) is 6.63. The molecule has 1 aromatic rings. The van der Waals surface area contributed by atoms with Crippen LogP contribution in [0.25, 0.3) is 0 Å². The predicted molar refractivity (Wildman–Crippen MR) is 67.4 cm³/mol. The van der Waals surface area contributed by atoms with Gasteiger partial charge < -0.3 is 4.74 Å². The lowest BCUT2D eigenvalue weighted by Crippen LogP contribution is -2.04. The third kappa shape index (κ3) is 4.01. The molecule has 1 rings (SSSR count). The normalized spacial score (nSPS) is 11.0. The average molecular weight is 322 g/mol. The summed E-state index contributed by atoms with van der Waals surface area (Å²) in [7, 11) is 0. The number of hydrogen-bond donors (Lipinski definition) is 0. The van der Waals surface area contributed by atoms with Crippen molar-refractivity contribution in [1.29, 1.82) is 0 Å². The molecule has 0 unspecified atom stereocenters. The van der Waals surface area contributed by atoms with Gasteiger partial charge in [-0.1, -0.05) is 57.8 Å². The molecule has 0 aliphatic heterocycles. The van der Waals surface area contributed by atoms with E-state index in [9.17, 15) is 0 Å². The summed E-state index contributed by atoms with van der Waals surface area (Å²) in [5.74, 6) is 1.50. The van der Waals surface area contributed by atoms with Crippen LogP contribution in [0.15, 0.2) is 24.3 Å². The van der Waals surface area contributed by atoms with Crippen molar-refractivity contribution in [3.05, 3.63) is 29.8 Å². The zero-order chi connectivity index (χ0) is 10.6. The van der Waals surface area contributed by atoms with E-state index in [1.807, 2.05) is 24.3 Å². The molecule has 0 saturated carbocycles. The minimum atomic E-state index is 0.217. The average Bonchev–Trinajstić information content (AvgIpc) is 2.15. The summed E-state index contributed by atoms with van der Waals surface area (Å²) in [6, 6.07) is 8.08. The molecular weight excluding hydrogens is 308 g/mol. The van der Waals surface area contributed by atoms with E-state index in [1.165, 1.54) is 5.56 Å². The summed E-state index contributed by atoms with van der Waals surface area (Å²) in [5.41, 5.74) is 1.20. The van der Waals surface area contributed by atoms with Gasteiger partial charge in [0.1, 0.15) is 5.75 Å². The van der Waals surface area contributed by atoms with Crippen molar-refractivity contribution in [2.75, 3.05) is 6.61 Å². The minimum Gasteiger partial charge on any atom is -0.493 e. The Morgan fingerprint density at radius 1 is 1.14 bits per heavy atom. The molecule has 78 valence electrons. The van der Waals surface area contributed by atoms with Gasteiger partial charge in [0.2, 0.25) is 0 Å². The maximum atomic E-state index is 5.57. The Balaban J connectivity index is 2.55. The van der Waals surface area contributed by atoms with Gasteiger partial charge in [0, 0.05) is 0 Å². The van der Waals surface area contributed by atoms with Gasteiger partial charge in [-0.15, -0.1) is 0 Å². The van der Waals surface area contributed by atoms with Gasteiger partial charge in [-0.25, -0.2) is 0 Å². The van der Waals surface area contributed by atoms with Crippen LogP contribution in [0.2, 0.25) is 0 Å². The fourth-order valence-electron chi connectivity index (χ4n) is 0.972. The fraction of sp³-hybridized carbons (Fsp3) is 0.455. The Morgan fingerprint density at radius 2 is 1.71 bits per heavy atom. The summed E-state index contributed by atoms with van der Waals surface area (Å²) in [4.78, 5) is 0. The van der Waals surface area contributed by atoms with E-state index in [2.05, 4.69) is 45.7 Å². The molecule has 0 saturated heterocycles. The van der Waals surface area contributed by atoms with Gasteiger partial charge in [-0.2, -0.15) is 0 Å². The monoisotopic (exact) mass is 320 g/mol. The number of hydrogen-bond acceptors (Lipinski definition) is 1. The highest BCUT2D eigenvalue weighted by Crippen LogP contribution is 2.30. The third-order valence-electron chi connectivity index (χ3n) is 1.72. The van der Waals surface area contributed by atoms with E-state index >= 15 is 0 Å². The van der Waals surface area contributed by atoms with E-state index < -0.39 is 0 Å². The molecular formula is C11H14Br2O. The lowest BCUT2D eigenvalue weighted by molar-refractivity contribution is 0.271. The van der Waals surface area contributed by atoms with Crippen LogP contribution in [0.1, 0.15) is 23.1 Å². The van der Waals surface area contributed by atoms with Crippen molar-refractivity contribution in [2.24, 2.45) is 5.92 Å². The van der Waals surface area contributed by atoms with Gasteiger partial charge in [-0.05, 0) is 23.6 Å². The van der Waals surface area contributed by atoms with E-state index in [0.29, 0.717) is 5.92 Å². The van der Waals surface area contributed by atoms with Gasteiger partial charge in [-0.3, -0.25) is 0 Å². The molecule has 14 heavy (non-hydrogen) atoms. The second kappa shape index (κ2) is 5.76. The van der Waals surface area contributed by atoms with Crippen molar-refractivity contribution in [2.45, 2.75) is 17.6 Å². The quantitative estimate of drug-likeness (QED) is 0.741. The Kier molecular flexibility index (Phi) is 4.96. The van der Waals surface area contributed by atoms with Gasteiger partial charge >= 0.3 is 0 Å². The molecule has 0 heterocycles. The van der Waals surface area contributed by atoms with Crippen molar-refractivity contribution < 1.29 is 4.74 Å². The first-order valence-electron chi connectivity index (χ1n) is 4.60. The lowest BCUT2D eigenvalue weighted by atomic mass is 10.2. The van der Waals surface area contributed by atoms with Crippen LogP contribution in [0, 0.1) is 5.92 Å². The van der Waals surface area contributed by atoms with E-state index in [1.54, 1.807) is 0 Å². The van der Waals surface area contributed by atoms with Crippen LogP contribution in [0.4, 0.5) is 0 Å². The van der Waals surface area contributed by atoms with Crippen LogP contribution < -0.4 is 4.74 Å². The number of alkyl halides is 2. The molecule has 0 bridgehead atoms. The van der Waals surface area contributed by atoms with Crippen molar-refractivity contribution in [3.63, 3.8) is 0 Å². The SMILES string of the molecule is CC(C)COc1ccc(C(Br)Br)cc1. The number of ether oxygens (including phenoxy) is 1. The zero-order valence-electron chi connectivity index (χ0n) is 8.34. The molecule has 1 nitrogen and oxygen atoms in total. The van der Waals surface area contributed by atoms with Gasteiger partial charge in [0.25, 0.3) is 0 Å². The molecule has 0 aromatic heterocycles. The van der Waals surface area contributed by atoms with Crippen molar-refractivity contribution >= 4 is 31.9 Å². The van der Waals surface area contributed by atoms with Crippen LogP contribution in [0.3, 0.4) is 0 Å². The Hall–Kier alpha value is -0.0200. The number of halogens is 2. The smallest absolute Gasteiger partial charge is 0.119 e. The van der Waals surface area contributed by atoms with Crippen molar-refractivity contribution in [1.82, 2.24) is 0 Å². The largest absolute Gasteiger partial charge is 0.493 e. The Morgan fingerprint density at radius 3 is 2.14 bits per heavy atom. The van der Waals surface area contributed by atoms with Gasteiger partial charge in [0.05, 0.1) is 10.3 Å². The number of rotatable bonds is 4. The Bertz CT molecular complexity index is 267. The lowest BCUT2D eigenvalue weighted by Gasteiger charge is -2.09. The maximum Gasteiger partial charge on any atom is 0.119 e. The summed E-state index contributed by atoms with van der Waals surface area (Å²) in [6.45, 7) is 5.05. The Labute approximate surface area is 102 Å². The second-order valence-electron chi connectivity index (χ2n) is 3.57. The van der Waals surface area contributed by atoms with Crippen LogP contribution >= 0.6 is 31.9 Å². The first-order valence-corrected chi connectivity index (χ1v) is 6.43. The van der Waals surface area contributed by atoms with E-state index in [0.717, 1.165) is 12.4 Å². The molecule has 0 N–H and O–H groups in total. The molecule has 0 atom stereocenters. The predicted octanol–water partition coefficient (Wildman–Crippen LogP) is 4.51. The molecule has 0 aliphatic carbocycles. The van der Waals surface area contributed by atoms with E-state index in [4.69, 9.17) is 4.74 Å². The minimum absolute atomic E-state index is 0.217. The molecule has 0 radical (unpaired) electrons. The summed E-state index contributed by atoms with van der Waals surface area (Å²) in [5, 5.41) is 0. The molecule has 0 amide bonds. The van der Waals surface area contributed by atoms with Gasteiger partial charge in [0.15, 0.2) is 0 Å². The molecule has 0 aliphatic rings. The van der Waals surface area contributed by atoms with Crippen LogP contribution in [-0.2, 0) is 0 Å². The molecule has 0 spiro atoms. The standard InChI is InChI=1S/C11H14Br2O/c1-8(2)7-14-10-5-3-9(4-6-10)11(12)13/h3-6,8,11H,7H2,1-2H3. The van der Waals surface area contributed by atoms with Crippen LogP contribution in [0.5, 0.6) is 5.75 Å². The summed E-state index contributed by atoms with van der Waals surface area (Å²) < 4.78 is 5.79. The third-order valence-corrected chi connectivity index (χ3v) is 2.77. The highest BCUT2D eigenvalue weighted by molar-refractivity contribution is 9.24. The summed E-state index contributed by atoms with van der Waals surface area (Å²) in [6.07, 6.45) is 0. The van der Waals surface area contributed by atoms with E-state index in [-0.39, 0.29) is 3.74 Å². The highest BCUT2D eigenvalue weighted by Gasteiger charge is 2.02. The maximum absolute atomic E-state index is 5.57.